The Kier molecular flexibility index (Phi) is 2.32. The monoisotopic (exact) mass is 197 g/mol. The van der Waals surface area contributed by atoms with Crippen molar-refractivity contribution in [1.82, 2.24) is 15.5 Å². The fourth-order valence-electron chi connectivity index (χ4n) is 1.43. The van der Waals surface area contributed by atoms with Crippen molar-refractivity contribution >= 4 is 12.0 Å². The molecule has 0 radical (unpaired) electrons. The van der Waals surface area contributed by atoms with E-state index in [1.807, 2.05) is 0 Å². The van der Waals surface area contributed by atoms with E-state index in [9.17, 15) is 4.79 Å². The molecule has 14 heavy (non-hydrogen) atoms. The molecule has 2 rings (SSSR count). The zero-order chi connectivity index (χ0) is 9.97. The zero-order valence-electron chi connectivity index (χ0n) is 7.49. The van der Waals surface area contributed by atoms with Gasteiger partial charge < -0.3 is 15.5 Å². The van der Waals surface area contributed by atoms with Gasteiger partial charge in [0, 0.05) is 0 Å². The summed E-state index contributed by atoms with van der Waals surface area (Å²) in [6.07, 6.45) is 2.06. The molecule has 1 saturated heterocycles. The maximum absolute atomic E-state index is 10.5. The SMILES string of the molecule is NC(=O)Nc1nnc(C2CCCN2)o1. The summed E-state index contributed by atoms with van der Waals surface area (Å²) in [6, 6.07) is -0.563. The number of anilines is 1. The molecule has 1 aliphatic heterocycles. The lowest BCUT2D eigenvalue weighted by Gasteiger charge is -2.01. The number of nitrogens with zero attached hydrogens (tertiary/aromatic N) is 2. The van der Waals surface area contributed by atoms with Crippen LogP contribution in [0, 0.1) is 0 Å². The molecule has 0 spiro atoms. The molecular formula is C7H11N5O2. The number of nitrogens with two attached hydrogens (primary N) is 1. The third-order valence-corrected chi connectivity index (χ3v) is 2.03. The van der Waals surface area contributed by atoms with Crippen LogP contribution in [0.25, 0.3) is 0 Å². The first-order chi connectivity index (χ1) is 6.75. The van der Waals surface area contributed by atoms with E-state index in [2.05, 4.69) is 20.8 Å². The highest BCUT2D eigenvalue weighted by atomic mass is 16.4. The minimum atomic E-state index is -0.709. The number of carbonyl (C=O) groups is 1. The largest absolute Gasteiger partial charge is 0.406 e. The number of hydrogen-bond acceptors (Lipinski definition) is 5. The van der Waals surface area contributed by atoms with E-state index in [1.54, 1.807) is 0 Å². The number of rotatable bonds is 2. The quantitative estimate of drug-likeness (QED) is 0.618. The van der Waals surface area contributed by atoms with Crippen molar-refractivity contribution in [2.24, 2.45) is 5.73 Å². The number of urea groups is 1. The van der Waals surface area contributed by atoms with Crippen molar-refractivity contribution in [3.05, 3.63) is 5.89 Å². The van der Waals surface area contributed by atoms with E-state index in [0.29, 0.717) is 5.89 Å². The molecular weight excluding hydrogens is 186 g/mol. The van der Waals surface area contributed by atoms with Crippen molar-refractivity contribution in [1.29, 1.82) is 0 Å². The Hall–Kier alpha value is -1.63. The summed E-state index contributed by atoms with van der Waals surface area (Å²) in [5.41, 5.74) is 4.89. The molecule has 1 aliphatic rings. The average molecular weight is 197 g/mol. The molecule has 2 heterocycles. The highest BCUT2D eigenvalue weighted by Gasteiger charge is 2.22. The molecule has 2 amide bonds. The minimum absolute atomic E-state index is 0.0428. The number of primary amides is 1. The van der Waals surface area contributed by atoms with E-state index in [4.69, 9.17) is 10.2 Å². The first kappa shape index (κ1) is 8.95. The lowest BCUT2D eigenvalue weighted by molar-refractivity contribution is 0.258. The number of hydrogen-bond donors (Lipinski definition) is 3. The van der Waals surface area contributed by atoms with Gasteiger partial charge in [-0.1, -0.05) is 5.10 Å². The third kappa shape index (κ3) is 1.82. The Morgan fingerprint density at radius 3 is 3.14 bits per heavy atom. The standard InChI is InChI=1S/C7H11N5O2/c8-6(13)10-7-12-11-5(14-7)4-2-1-3-9-4/h4,9H,1-3H2,(H3,8,10,12,13). The topological polar surface area (TPSA) is 106 Å². The van der Waals surface area contributed by atoms with Gasteiger partial charge in [-0.2, -0.15) is 0 Å². The summed E-state index contributed by atoms with van der Waals surface area (Å²) < 4.78 is 5.18. The fraction of sp³-hybridized carbons (Fsp3) is 0.571. The number of amides is 2. The van der Waals surface area contributed by atoms with Gasteiger partial charge >= 0.3 is 12.0 Å². The number of carbonyl (C=O) groups excluding carboxylic acids is 1. The molecule has 1 unspecified atom stereocenters. The Bertz CT molecular complexity index is 331. The van der Waals surface area contributed by atoms with Gasteiger partial charge in [-0.25, -0.2) is 4.79 Å². The summed E-state index contributed by atoms with van der Waals surface area (Å²) in [5, 5.41) is 12.9. The zero-order valence-corrected chi connectivity index (χ0v) is 7.49. The van der Waals surface area contributed by atoms with E-state index in [-0.39, 0.29) is 12.1 Å². The van der Waals surface area contributed by atoms with Crippen molar-refractivity contribution in [2.45, 2.75) is 18.9 Å². The highest BCUT2D eigenvalue weighted by molar-refractivity contribution is 5.85. The molecule has 0 aliphatic carbocycles. The summed E-state index contributed by atoms with van der Waals surface area (Å²) >= 11 is 0. The highest BCUT2D eigenvalue weighted by Crippen LogP contribution is 2.22. The molecule has 4 N–H and O–H groups in total. The maximum Gasteiger partial charge on any atom is 0.323 e. The molecule has 76 valence electrons. The average Bonchev–Trinajstić information content (AvgIpc) is 2.69. The predicted octanol–water partition coefficient (Wildman–Crippen LogP) is -0.0153. The molecule has 7 heteroatoms. The van der Waals surface area contributed by atoms with Gasteiger partial charge in [0.05, 0.1) is 6.04 Å². The first-order valence-corrected chi connectivity index (χ1v) is 4.39. The Labute approximate surface area is 80.1 Å². The molecule has 1 atom stereocenters. The Balaban J connectivity index is 2.05. The van der Waals surface area contributed by atoms with E-state index < -0.39 is 6.03 Å². The molecule has 1 fully saturated rings. The lowest BCUT2D eigenvalue weighted by Crippen LogP contribution is -2.19. The summed E-state index contributed by atoms with van der Waals surface area (Å²) in [6.45, 7) is 0.950. The van der Waals surface area contributed by atoms with Crippen LogP contribution in [0.4, 0.5) is 10.8 Å². The van der Waals surface area contributed by atoms with Crippen molar-refractivity contribution in [3.63, 3.8) is 0 Å². The van der Waals surface area contributed by atoms with Gasteiger partial charge in [-0.05, 0) is 19.4 Å². The Morgan fingerprint density at radius 1 is 1.64 bits per heavy atom. The molecule has 0 bridgehead atoms. The van der Waals surface area contributed by atoms with Gasteiger partial charge in [-0.15, -0.1) is 5.10 Å². The van der Waals surface area contributed by atoms with Crippen molar-refractivity contribution in [3.8, 4) is 0 Å². The van der Waals surface area contributed by atoms with Crippen LogP contribution in [-0.2, 0) is 0 Å². The lowest BCUT2D eigenvalue weighted by atomic mass is 10.2. The van der Waals surface area contributed by atoms with Crippen LogP contribution < -0.4 is 16.4 Å². The van der Waals surface area contributed by atoms with Crippen LogP contribution in [0.1, 0.15) is 24.8 Å². The van der Waals surface area contributed by atoms with Crippen molar-refractivity contribution in [2.75, 3.05) is 11.9 Å². The van der Waals surface area contributed by atoms with E-state index >= 15 is 0 Å². The molecule has 7 nitrogen and oxygen atoms in total. The molecule has 1 aromatic heterocycles. The molecule has 1 aromatic rings. The third-order valence-electron chi connectivity index (χ3n) is 2.03. The van der Waals surface area contributed by atoms with E-state index in [1.165, 1.54) is 0 Å². The summed E-state index contributed by atoms with van der Waals surface area (Å²) in [5.74, 6) is 0.492. The second-order valence-electron chi connectivity index (χ2n) is 3.08. The second kappa shape index (κ2) is 3.62. The summed E-state index contributed by atoms with van der Waals surface area (Å²) in [7, 11) is 0. The Morgan fingerprint density at radius 2 is 2.50 bits per heavy atom. The smallest absolute Gasteiger partial charge is 0.323 e. The van der Waals surface area contributed by atoms with Crippen LogP contribution in [0.15, 0.2) is 4.42 Å². The van der Waals surface area contributed by atoms with Gasteiger partial charge in [0.1, 0.15) is 0 Å². The van der Waals surface area contributed by atoms with Crippen LogP contribution >= 0.6 is 0 Å². The van der Waals surface area contributed by atoms with Gasteiger partial charge in [0.2, 0.25) is 5.89 Å². The number of aromatic nitrogens is 2. The number of nitrogens with one attached hydrogen (secondary N) is 2. The first-order valence-electron chi connectivity index (χ1n) is 4.39. The normalized spacial score (nSPS) is 21.0. The second-order valence-corrected chi connectivity index (χ2v) is 3.08. The predicted molar refractivity (Wildman–Crippen MR) is 47.5 cm³/mol. The van der Waals surface area contributed by atoms with Gasteiger partial charge in [0.25, 0.3) is 0 Å². The maximum atomic E-state index is 10.5. The minimum Gasteiger partial charge on any atom is -0.406 e. The van der Waals surface area contributed by atoms with Crippen LogP contribution in [0.3, 0.4) is 0 Å². The molecule has 0 aromatic carbocycles. The van der Waals surface area contributed by atoms with E-state index in [0.717, 1.165) is 19.4 Å². The van der Waals surface area contributed by atoms with Crippen LogP contribution in [-0.4, -0.2) is 22.8 Å². The fourth-order valence-corrected chi connectivity index (χ4v) is 1.43. The van der Waals surface area contributed by atoms with Crippen molar-refractivity contribution < 1.29 is 9.21 Å². The van der Waals surface area contributed by atoms with Crippen LogP contribution in [0.2, 0.25) is 0 Å². The summed E-state index contributed by atoms with van der Waals surface area (Å²) in [4.78, 5) is 10.5. The molecule has 0 saturated carbocycles. The van der Waals surface area contributed by atoms with Crippen LogP contribution in [0.5, 0.6) is 0 Å². The van der Waals surface area contributed by atoms with Gasteiger partial charge in [0.15, 0.2) is 0 Å². The van der Waals surface area contributed by atoms with Gasteiger partial charge in [-0.3, -0.25) is 5.32 Å².